The summed E-state index contributed by atoms with van der Waals surface area (Å²) in [5.41, 5.74) is 0.306. The quantitative estimate of drug-likeness (QED) is 0.325. The second-order valence-corrected chi connectivity index (χ2v) is 5.98. The number of hydrogen-bond acceptors (Lipinski definition) is 7. The summed E-state index contributed by atoms with van der Waals surface area (Å²) in [4.78, 5) is 10.9. The molecule has 1 heterocycles. The van der Waals surface area contributed by atoms with Crippen LogP contribution in [0.2, 0.25) is 0 Å². The molecule has 0 atom stereocenters. The number of rotatable bonds is 8. The van der Waals surface area contributed by atoms with Gasteiger partial charge in [0.15, 0.2) is 11.6 Å². The fourth-order valence-electron chi connectivity index (χ4n) is 2.28. The Morgan fingerprint density at radius 2 is 2.08 bits per heavy atom. The molecule has 1 N–H and O–H groups in total. The maximum absolute atomic E-state index is 11.4. The monoisotopic (exact) mass is 379 g/mol. The summed E-state index contributed by atoms with van der Waals surface area (Å²) in [7, 11) is 0. The van der Waals surface area contributed by atoms with E-state index in [4.69, 9.17) is 21.7 Å². The number of benzene rings is 1. The molecule has 0 bridgehead atoms. The van der Waals surface area contributed by atoms with E-state index in [0.717, 1.165) is 0 Å². The summed E-state index contributed by atoms with van der Waals surface area (Å²) in [6, 6.07) is 3.03. The van der Waals surface area contributed by atoms with Gasteiger partial charge >= 0.3 is 5.69 Å². The van der Waals surface area contributed by atoms with Crippen molar-refractivity contribution in [2.75, 3.05) is 13.2 Å². The van der Waals surface area contributed by atoms with Crippen LogP contribution in [0.4, 0.5) is 5.69 Å². The van der Waals surface area contributed by atoms with Crippen molar-refractivity contribution in [1.29, 1.82) is 0 Å². The molecule has 9 nitrogen and oxygen atoms in total. The predicted molar refractivity (Wildman–Crippen MR) is 99.9 cm³/mol. The highest BCUT2D eigenvalue weighted by molar-refractivity contribution is 7.71. The molecular formula is C16H21N5O4S. The molecule has 1 aromatic carbocycles. The molecule has 0 unspecified atom stereocenters. The Morgan fingerprint density at radius 1 is 1.38 bits per heavy atom. The zero-order valence-electron chi connectivity index (χ0n) is 15.1. The molecule has 0 spiro atoms. The third-order valence-corrected chi connectivity index (χ3v) is 3.62. The van der Waals surface area contributed by atoms with Crippen LogP contribution in [-0.4, -0.2) is 39.2 Å². The van der Waals surface area contributed by atoms with Gasteiger partial charge in [-0.2, -0.15) is 14.9 Å². The van der Waals surface area contributed by atoms with E-state index < -0.39 is 4.92 Å². The standard InChI is InChI=1S/C16H21N5O4S/c1-5-24-13-8-11(7-12(21(22)23)14(13)25-6-2)9-17-20-15(10(3)4)18-19-16(20)26/h7-10H,5-6H2,1-4H3,(H,19,26)/b17-9-. The van der Waals surface area contributed by atoms with Gasteiger partial charge in [0.05, 0.1) is 24.4 Å². The fraction of sp³-hybridized carbons (Fsp3) is 0.438. The van der Waals surface area contributed by atoms with Crippen molar-refractivity contribution in [3.05, 3.63) is 38.4 Å². The minimum absolute atomic E-state index is 0.105. The van der Waals surface area contributed by atoms with Crippen LogP contribution in [-0.2, 0) is 0 Å². The first-order chi connectivity index (χ1) is 12.4. The maximum Gasteiger partial charge on any atom is 0.315 e. The summed E-state index contributed by atoms with van der Waals surface area (Å²) >= 11 is 5.18. The molecule has 2 aromatic rings. The van der Waals surface area contributed by atoms with Gasteiger partial charge in [0.2, 0.25) is 10.5 Å². The third kappa shape index (κ3) is 4.26. The van der Waals surface area contributed by atoms with Gasteiger partial charge in [0.25, 0.3) is 0 Å². The van der Waals surface area contributed by atoms with Gasteiger partial charge < -0.3 is 9.47 Å². The highest BCUT2D eigenvalue weighted by Gasteiger charge is 2.22. The van der Waals surface area contributed by atoms with E-state index in [2.05, 4.69) is 15.3 Å². The second-order valence-electron chi connectivity index (χ2n) is 5.59. The molecule has 0 aliphatic heterocycles. The smallest absolute Gasteiger partial charge is 0.315 e. The predicted octanol–water partition coefficient (Wildman–Crippen LogP) is 3.65. The van der Waals surface area contributed by atoms with Crippen LogP contribution >= 0.6 is 12.2 Å². The van der Waals surface area contributed by atoms with Crippen LogP contribution in [0.1, 0.15) is 45.0 Å². The molecule has 0 saturated carbocycles. The van der Waals surface area contributed by atoms with E-state index in [9.17, 15) is 10.1 Å². The summed E-state index contributed by atoms with van der Waals surface area (Å²) in [6.45, 7) is 8.11. The lowest BCUT2D eigenvalue weighted by atomic mass is 10.2. The summed E-state index contributed by atoms with van der Waals surface area (Å²) in [5.74, 6) is 1.18. The zero-order valence-corrected chi connectivity index (χ0v) is 15.9. The molecule has 0 radical (unpaired) electrons. The lowest BCUT2D eigenvalue weighted by Gasteiger charge is -2.11. The minimum atomic E-state index is -0.506. The first-order valence-electron chi connectivity index (χ1n) is 8.18. The number of nitrogens with one attached hydrogen (secondary N) is 1. The van der Waals surface area contributed by atoms with E-state index >= 15 is 0 Å². The SMILES string of the molecule is CCOc1cc(/C=N\n2c(C(C)C)n[nH]c2=S)cc([N+](=O)[O-])c1OCC. The number of nitro groups is 1. The van der Waals surface area contributed by atoms with E-state index in [0.29, 0.717) is 28.5 Å². The van der Waals surface area contributed by atoms with Crippen molar-refractivity contribution >= 4 is 24.1 Å². The van der Waals surface area contributed by atoms with Gasteiger partial charge in [0, 0.05) is 17.5 Å². The summed E-state index contributed by atoms with van der Waals surface area (Å²) in [6.07, 6.45) is 1.47. The van der Waals surface area contributed by atoms with Crippen molar-refractivity contribution in [3.63, 3.8) is 0 Å². The molecule has 0 saturated heterocycles. The van der Waals surface area contributed by atoms with Crippen LogP contribution in [0, 0.1) is 14.9 Å². The van der Waals surface area contributed by atoms with Gasteiger partial charge in [0.1, 0.15) is 0 Å². The van der Waals surface area contributed by atoms with E-state index in [1.807, 2.05) is 13.8 Å². The van der Waals surface area contributed by atoms with Gasteiger partial charge in [-0.1, -0.05) is 13.8 Å². The fourth-order valence-corrected chi connectivity index (χ4v) is 2.47. The zero-order chi connectivity index (χ0) is 19.3. The molecule has 0 aliphatic carbocycles. The molecule has 0 amide bonds. The summed E-state index contributed by atoms with van der Waals surface area (Å²) in [5, 5.41) is 22.6. The number of aromatic nitrogens is 3. The van der Waals surface area contributed by atoms with Crippen molar-refractivity contribution in [3.8, 4) is 11.5 Å². The molecule has 2 rings (SSSR count). The first kappa shape index (κ1) is 19.6. The van der Waals surface area contributed by atoms with Crippen LogP contribution in [0.5, 0.6) is 11.5 Å². The largest absolute Gasteiger partial charge is 0.490 e. The third-order valence-electron chi connectivity index (χ3n) is 3.36. The Bertz CT molecular complexity index is 872. The van der Waals surface area contributed by atoms with Crippen LogP contribution < -0.4 is 9.47 Å². The molecule has 10 heteroatoms. The molecule has 140 valence electrons. The number of hydrogen-bond donors (Lipinski definition) is 1. The van der Waals surface area contributed by atoms with E-state index in [-0.39, 0.29) is 24.0 Å². The number of aromatic amines is 1. The van der Waals surface area contributed by atoms with Crippen LogP contribution in [0.3, 0.4) is 0 Å². The topological polar surface area (TPSA) is 108 Å². The molecule has 26 heavy (non-hydrogen) atoms. The average molecular weight is 379 g/mol. The van der Waals surface area contributed by atoms with Gasteiger partial charge in [-0.05, 0) is 32.1 Å². The van der Waals surface area contributed by atoms with Gasteiger partial charge in [-0.3, -0.25) is 15.2 Å². The van der Waals surface area contributed by atoms with Crippen LogP contribution in [0.15, 0.2) is 17.2 Å². The Morgan fingerprint density at radius 3 is 2.65 bits per heavy atom. The van der Waals surface area contributed by atoms with Crippen molar-refractivity contribution in [2.45, 2.75) is 33.6 Å². The Balaban J connectivity index is 2.52. The van der Waals surface area contributed by atoms with Crippen molar-refractivity contribution in [1.82, 2.24) is 14.9 Å². The number of nitro benzene ring substituents is 1. The number of H-pyrrole nitrogens is 1. The first-order valence-corrected chi connectivity index (χ1v) is 8.59. The number of ether oxygens (including phenoxy) is 2. The normalized spacial score (nSPS) is 11.3. The lowest BCUT2D eigenvalue weighted by molar-refractivity contribution is -0.385. The van der Waals surface area contributed by atoms with Gasteiger partial charge in [-0.25, -0.2) is 0 Å². The second kappa shape index (κ2) is 8.56. The molecular weight excluding hydrogens is 358 g/mol. The average Bonchev–Trinajstić information content (AvgIpc) is 2.96. The minimum Gasteiger partial charge on any atom is -0.490 e. The van der Waals surface area contributed by atoms with Crippen LogP contribution in [0.25, 0.3) is 0 Å². The van der Waals surface area contributed by atoms with Crippen molar-refractivity contribution in [2.24, 2.45) is 5.10 Å². The van der Waals surface area contributed by atoms with Crippen molar-refractivity contribution < 1.29 is 14.4 Å². The molecule has 1 aromatic heterocycles. The highest BCUT2D eigenvalue weighted by atomic mass is 32.1. The van der Waals surface area contributed by atoms with E-state index in [1.165, 1.54) is 17.0 Å². The van der Waals surface area contributed by atoms with Gasteiger partial charge in [-0.15, -0.1) is 0 Å². The Labute approximate surface area is 155 Å². The Hall–Kier alpha value is -2.75. The highest BCUT2D eigenvalue weighted by Crippen LogP contribution is 2.38. The molecule has 0 fully saturated rings. The molecule has 0 aliphatic rings. The maximum atomic E-state index is 11.4. The Kier molecular flexibility index (Phi) is 6.45. The number of nitrogens with zero attached hydrogens (tertiary/aromatic N) is 4. The van der Waals surface area contributed by atoms with E-state index in [1.54, 1.807) is 19.9 Å². The lowest BCUT2D eigenvalue weighted by Crippen LogP contribution is -2.04. The summed E-state index contributed by atoms with van der Waals surface area (Å²) < 4.78 is 12.7.